The molecule has 7 rings (SSSR count). The number of nitrogens with zero attached hydrogens (tertiary/aromatic N) is 1. The SMILES string of the molecule is COc1ccc2c3c1O[C@H]1[C@@]4(OC)C=C[C@@]5(C[C@@H]4C(=O)O)[C@@H](C2)N(C)CC[C@]315. The number of carboxylic acids is 1. The fourth-order valence-corrected chi connectivity index (χ4v) is 7.49. The number of aliphatic carboxylic acids is 1. The number of methoxy groups -OCH3 is 2. The summed E-state index contributed by atoms with van der Waals surface area (Å²) in [6, 6.07) is 4.41. The fourth-order valence-electron chi connectivity index (χ4n) is 7.49. The zero-order valence-electron chi connectivity index (χ0n) is 16.4. The monoisotopic (exact) mass is 383 g/mol. The number of likely N-dealkylation sites (N-methyl/N-ethyl adjacent to an activating group) is 1. The van der Waals surface area contributed by atoms with Gasteiger partial charge in [0.1, 0.15) is 11.7 Å². The molecule has 148 valence electrons. The van der Waals surface area contributed by atoms with Gasteiger partial charge in [0, 0.05) is 24.1 Å². The van der Waals surface area contributed by atoms with Gasteiger partial charge in [-0.3, -0.25) is 4.79 Å². The van der Waals surface area contributed by atoms with Crippen molar-refractivity contribution in [3.05, 3.63) is 35.4 Å². The van der Waals surface area contributed by atoms with Crippen LogP contribution in [0.1, 0.15) is 24.0 Å². The van der Waals surface area contributed by atoms with Crippen LogP contribution in [0.4, 0.5) is 0 Å². The van der Waals surface area contributed by atoms with Crippen LogP contribution >= 0.6 is 0 Å². The van der Waals surface area contributed by atoms with Crippen LogP contribution in [0.3, 0.4) is 0 Å². The number of carbonyl (C=O) groups is 1. The highest BCUT2D eigenvalue weighted by Crippen LogP contribution is 2.74. The average molecular weight is 383 g/mol. The minimum atomic E-state index is -0.966. The van der Waals surface area contributed by atoms with E-state index < -0.39 is 17.5 Å². The first-order chi connectivity index (χ1) is 13.4. The van der Waals surface area contributed by atoms with Gasteiger partial charge < -0.3 is 24.2 Å². The number of hydrogen-bond donors (Lipinski definition) is 1. The molecule has 1 saturated carbocycles. The number of likely N-dealkylation sites (tertiary alicyclic amines) is 1. The summed E-state index contributed by atoms with van der Waals surface area (Å²) in [5, 5.41) is 10.1. The minimum absolute atomic E-state index is 0.257. The molecule has 6 nitrogen and oxygen atoms in total. The van der Waals surface area contributed by atoms with Gasteiger partial charge in [0.15, 0.2) is 11.5 Å². The third-order valence-corrected chi connectivity index (χ3v) is 8.58. The van der Waals surface area contributed by atoms with E-state index in [0.29, 0.717) is 6.42 Å². The quantitative estimate of drug-likeness (QED) is 0.806. The van der Waals surface area contributed by atoms with E-state index in [4.69, 9.17) is 14.2 Å². The zero-order valence-corrected chi connectivity index (χ0v) is 16.4. The van der Waals surface area contributed by atoms with Crippen molar-refractivity contribution in [2.75, 3.05) is 27.8 Å². The molecular formula is C22H25NO5. The molecule has 1 saturated heterocycles. The molecule has 28 heavy (non-hydrogen) atoms. The van der Waals surface area contributed by atoms with Crippen LogP contribution in [0.25, 0.3) is 0 Å². The minimum Gasteiger partial charge on any atom is -0.493 e. The Morgan fingerprint density at radius 1 is 1.32 bits per heavy atom. The molecule has 6 atom stereocenters. The second kappa shape index (κ2) is 4.92. The highest BCUT2D eigenvalue weighted by molar-refractivity contribution is 5.76. The van der Waals surface area contributed by atoms with Gasteiger partial charge in [-0.1, -0.05) is 18.2 Å². The summed E-state index contributed by atoms with van der Waals surface area (Å²) in [5.41, 5.74) is 1.05. The van der Waals surface area contributed by atoms with E-state index in [-0.39, 0.29) is 23.0 Å². The third-order valence-electron chi connectivity index (χ3n) is 8.58. The predicted molar refractivity (Wildman–Crippen MR) is 101 cm³/mol. The van der Waals surface area contributed by atoms with Crippen molar-refractivity contribution < 1.29 is 24.1 Å². The van der Waals surface area contributed by atoms with Gasteiger partial charge in [-0.15, -0.1) is 0 Å². The molecule has 0 unspecified atom stereocenters. The van der Waals surface area contributed by atoms with Gasteiger partial charge in [0.05, 0.1) is 18.4 Å². The van der Waals surface area contributed by atoms with Crippen molar-refractivity contribution in [2.45, 2.75) is 42.4 Å². The molecule has 1 aromatic rings. The van der Waals surface area contributed by atoms with Crippen molar-refractivity contribution in [3.8, 4) is 11.5 Å². The van der Waals surface area contributed by atoms with Crippen LogP contribution in [0.2, 0.25) is 0 Å². The molecule has 2 fully saturated rings. The smallest absolute Gasteiger partial charge is 0.309 e. The Morgan fingerprint density at radius 2 is 2.14 bits per heavy atom. The van der Waals surface area contributed by atoms with Crippen LogP contribution in [0, 0.1) is 11.3 Å². The highest BCUT2D eigenvalue weighted by Gasteiger charge is 2.79. The molecule has 0 aromatic heterocycles. The van der Waals surface area contributed by atoms with Gasteiger partial charge in [-0.2, -0.15) is 0 Å². The maximum Gasteiger partial charge on any atom is 0.309 e. The van der Waals surface area contributed by atoms with E-state index in [0.717, 1.165) is 30.9 Å². The Hall–Kier alpha value is -2.05. The van der Waals surface area contributed by atoms with E-state index in [2.05, 4.69) is 24.1 Å². The predicted octanol–water partition coefficient (Wildman–Crippen LogP) is 2.00. The Labute approximate surface area is 164 Å². The molecule has 2 aliphatic heterocycles. The topological polar surface area (TPSA) is 68.2 Å². The number of rotatable bonds is 3. The van der Waals surface area contributed by atoms with Crippen molar-refractivity contribution in [2.24, 2.45) is 11.3 Å². The van der Waals surface area contributed by atoms with Crippen molar-refractivity contribution in [3.63, 3.8) is 0 Å². The lowest BCUT2D eigenvalue weighted by Crippen LogP contribution is -2.79. The molecule has 6 aliphatic rings. The summed E-state index contributed by atoms with van der Waals surface area (Å²) in [6.45, 7) is 0.966. The summed E-state index contributed by atoms with van der Waals surface area (Å²) in [6.07, 6.45) is 6.35. The molecule has 4 bridgehead atoms. The van der Waals surface area contributed by atoms with E-state index in [9.17, 15) is 9.90 Å². The largest absolute Gasteiger partial charge is 0.493 e. The zero-order chi connectivity index (χ0) is 19.5. The summed E-state index contributed by atoms with van der Waals surface area (Å²) >= 11 is 0. The van der Waals surface area contributed by atoms with Crippen molar-refractivity contribution in [1.29, 1.82) is 0 Å². The summed E-state index contributed by atoms with van der Waals surface area (Å²) in [5.74, 6) is 0.0936. The number of piperidine rings is 1. The summed E-state index contributed by atoms with van der Waals surface area (Å²) in [7, 11) is 5.45. The number of ether oxygens (including phenoxy) is 3. The molecule has 4 aliphatic carbocycles. The lowest BCUT2D eigenvalue weighted by Gasteiger charge is -2.70. The molecule has 1 N–H and O–H groups in total. The van der Waals surface area contributed by atoms with Crippen LogP contribution < -0.4 is 9.47 Å². The van der Waals surface area contributed by atoms with E-state index >= 15 is 0 Å². The van der Waals surface area contributed by atoms with Gasteiger partial charge in [0.25, 0.3) is 0 Å². The fraction of sp³-hybridized carbons (Fsp3) is 0.591. The average Bonchev–Trinajstić information content (AvgIpc) is 3.07. The number of hydrogen-bond acceptors (Lipinski definition) is 5. The standard InChI is InChI=1S/C22H25NO5/c1-23-9-8-21-16-12-4-5-14(26-2)17(16)28-19(21)22(27-3)7-6-20(21,15(23)10-12)11-13(22)18(24)25/h4-7,13,15,19H,8-11H2,1-3H3,(H,24,25)/t13-,15-,19-,20-,21+,22-/m1/s1. The van der Waals surface area contributed by atoms with Gasteiger partial charge in [-0.25, -0.2) is 0 Å². The number of benzene rings is 1. The molecule has 0 radical (unpaired) electrons. The van der Waals surface area contributed by atoms with Crippen molar-refractivity contribution in [1.82, 2.24) is 4.90 Å². The second-order valence-electron chi connectivity index (χ2n) is 9.08. The molecule has 6 heteroatoms. The van der Waals surface area contributed by atoms with Crippen molar-refractivity contribution >= 4 is 5.97 Å². The highest BCUT2D eigenvalue weighted by atomic mass is 16.6. The van der Waals surface area contributed by atoms with E-state index in [1.54, 1.807) is 14.2 Å². The summed E-state index contributed by atoms with van der Waals surface area (Å²) in [4.78, 5) is 14.8. The van der Waals surface area contributed by atoms with E-state index in [1.165, 1.54) is 11.1 Å². The number of carboxylic acid groups (broad SMARTS) is 1. The normalized spacial score (nSPS) is 44.2. The van der Waals surface area contributed by atoms with Gasteiger partial charge in [0.2, 0.25) is 0 Å². The molecule has 2 spiro atoms. The first-order valence-corrected chi connectivity index (χ1v) is 10.0. The third kappa shape index (κ3) is 1.46. The molecule has 1 aromatic carbocycles. The second-order valence-corrected chi connectivity index (χ2v) is 9.08. The first-order valence-electron chi connectivity index (χ1n) is 10.0. The van der Waals surface area contributed by atoms with Gasteiger partial charge in [-0.05, 0) is 44.5 Å². The maximum atomic E-state index is 12.4. The summed E-state index contributed by atoms with van der Waals surface area (Å²) < 4.78 is 18.3. The Morgan fingerprint density at radius 3 is 2.86 bits per heavy atom. The number of fused-ring (bicyclic) bond motifs is 1. The lowest BCUT2D eigenvalue weighted by atomic mass is 9.37. The Bertz CT molecular complexity index is 943. The van der Waals surface area contributed by atoms with E-state index in [1.807, 2.05) is 12.1 Å². The lowest BCUT2D eigenvalue weighted by molar-refractivity contribution is -0.219. The van der Waals surface area contributed by atoms with Crippen LogP contribution in [0.5, 0.6) is 11.5 Å². The van der Waals surface area contributed by atoms with Gasteiger partial charge >= 0.3 is 5.97 Å². The van der Waals surface area contributed by atoms with Crippen LogP contribution in [0.15, 0.2) is 24.3 Å². The van der Waals surface area contributed by atoms with Crippen LogP contribution in [-0.4, -0.2) is 61.5 Å². The molecular weight excluding hydrogens is 358 g/mol. The Kier molecular flexibility index (Phi) is 2.96. The molecule has 0 amide bonds. The first kappa shape index (κ1) is 16.9. The van der Waals surface area contributed by atoms with Crippen LogP contribution in [-0.2, 0) is 21.4 Å². The maximum absolute atomic E-state index is 12.4. The molecule has 2 heterocycles. The Balaban J connectivity index is 1.72.